The van der Waals surface area contributed by atoms with E-state index in [2.05, 4.69) is 15.3 Å². The molecule has 2 aromatic heterocycles. The molecule has 1 N–H and O–H groups in total. The van der Waals surface area contributed by atoms with Crippen LogP contribution in [0.2, 0.25) is 0 Å². The Kier molecular flexibility index (Phi) is 4.87. The molecule has 0 radical (unpaired) electrons. The standard InChI is InChI=1S/C22H19N3O4/c1-13-12-14(22-25-20-18(29-22)8-5-11-23-20)9-10-15(13)24-21(26)19-16(27-2)6-4-7-17(19)28-3/h4-12H,1-3H3,(H,24,26). The van der Waals surface area contributed by atoms with E-state index in [4.69, 9.17) is 13.9 Å². The van der Waals surface area contributed by atoms with Gasteiger partial charge in [-0.15, -0.1) is 0 Å². The average molecular weight is 389 g/mol. The fourth-order valence-electron chi connectivity index (χ4n) is 3.09. The largest absolute Gasteiger partial charge is 0.496 e. The third-order valence-electron chi connectivity index (χ3n) is 4.54. The molecule has 0 aliphatic rings. The van der Waals surface area contributed by atoms with Crippen molar-refractivity contribution in [1.82, 2.24) is 9.97 Å². The van der Waals surface area contributed by atoms with Gasteiger partial charge >= 0.3 is 0 Å². The Labute approximate surface area is 167 Å². The average Bonchev–Trinajstić information content (AvgIpc) is 3.18. The van der Waals surface area contributed by atoms with Crippen molar-refractivity contribution in [1.29, 1.82) is 0 Å². The van der Waals surface area contributed by atoms with Gasteiger partial charge in [-0.05, 0) is 55.0 Å². The number of rotatable bonds is 5. The maximum absolute atomic E-state index is 12.9. The second-order valence-corrected chi connectivity index (χ2v) is 6.37. The van der Waals surface area contributed by atoms with Gasteiger partial charge in [0.2, 0.25) is 5.89 Å². The number of pyridine rings is 1. The molecule has 0 saturated heterocycles. The van der Waals surface area contributed by atoms with Crippen LogP contribution in [-0.2, 0) is 0 Å². The Balaban J connectivity index is 1.63. The number of anilines is 1. The minimum atomic E-state index is -0.318. The molecule has 0 aliphatic carbocycles. The molecule has 0 aliphatic heterocycles. The zero-order valence-electron chi connectivity index (χ0n) is 16.2. The van der Waals surface area contributed by atoms with E-state index in [0.717, 1.165) is 11.1 Å². The van der Waals surface area contributed by atoms with Crippen molar-refractivity contribution >= 4 is 22.8 Å². The van der Waals surface area contributed by atoms with Gasteiger partial charge in [0.05, 0.1) is 14.2 Å². The van der Waals surface area contributed by atoms with Gasteiger partial charge in [-0.25, -0.2) is 4.98 Å². The first-order valence-electron chi connectivity index (χ1n) is 8.95. The lowest BCUT2D eigenvalue weighted by molar-refractivity contribution is 0.102. The van der Waals surface area contributed by atoms with Crippen molar-refractivity contribution in [3.8, 4) is 23.0 Å². The fraction of sp³-hybridized carbons (Fsp3) is 0.136. The predicted molar refractivity (Wildman–Crippen MR) is 109 cm³/mol. The van der Waals surface area contributed by atoms with Crippen molar-refractivity contribution < 1.29 is 18.7 Å². The maximum Gasteiger partial charge on any atom is 0.263 e. The number of benzene rings is 2. The van der Waals surface area contributed by atoms with Crippen LogP contribution >= 0.6 is 0 Å². The van der Waals surface area contributed by atoms with E-state index >= 15 is 0 Å². The minimum Gasteiger partial charge on any atom is -0.496 e. The van der Waals surface area contributed by atoms with Crippen molar-refractivity contribution in [2.45, 2.75) is 6.92 Å². The lowest BCUT2D eigenvalue weighted by atomic mass is 10.1. The van der Waals surface area contributed by atoms with Gasteiger partial charge in [-0.1, -0.05) is 6.07 Å². The zero-order chi connectivity index (χ0) is 20.4. The molecule has 4 rings (SSSR count). The smallest absolute Gasteiger partial charge is 0.263 e. The van der Waals surface area contributed by atoms with E-state index in [0.29, 0.717) is 39.9 Å². The molecular formula is C22H19N3O4. The molecule has 0 fully saturated rings. The second-order valence-electron chi connectivity index (χ2n) is 6.37. The number of methoxy groups -OCH3 is 2. The normalized spacial score (nSPS) is 10.7. The number of carbonyl (C=O) groups excluding carboxylic acids is 1. The first kappa shape index (κ1) is 18.5. The second kappa shape index (κ2) is 7.63. The Morgan fingerprint density at radius 1 is 1.03 bits per heavy atom. The van der Waals surface area contributed by atoms with E-state index in [1.54, 1.807) is 30.5 Å². The monoisotopic (exact) mass is 389 g/mol. The van der Waals surface area contributed by atoms with E-state index in [9.17, 15) is 4.79 Å². The zero-order valence-corrected chi connectivity index (χ0v) is 16.2. The number of aromatic nitrogens is 2. The Morgan fingerprint density at radius 2 is 1.79 bits per heavy atom. The summed E-state index contributed by atoms with van der Waals surface area (Å²) in [5.74, 6) is 1.04. The third kappa shape index (κ3) is 3.50. The van der Waals surface area contributed by atoms with Gasteiger partial charge in [-0.2, -0.15) is 4.98 Å². The van der Waals surface area contributed by atoms with Crippen molar-refractivity contribution in [2.75, 3.05) is 19.5 Å². The summed E-state index contributed by atoms with van der Waals surface area (Å²) in [5, 5.41) is 2.92. The lowest BCUT2D eigenvalue weighted by Crippen LogP contribution is -2.15. The summed E-state index contributed by atoms with van der Waals surface area (Å²) < 4.78 is 16.4. The van der Waals surface area contributed by atoms with E-state index in [1.165, 1.54) is 14.2 Å². The summed E-state index contributed by atoms with van der Waals surface area (Å²) in [7, 11) is 3.03. The van der Waals surface area contributed by atoms with Crippen LogP contribution in [0, 0.1) is 6.92 Å². The number of fused-ring (bicyclic) bond motifs is 1. The molecule has 2 aromatic carbocycles. The number of aryl methyl sites for hydroxylation is 1. The number of nitrogens with one attached hydrogen (secondary N) is 1. The molecule has 146 valence electrons. The summed E-state index contributed by atoms with van der Waals surface area (Å²) in [6.45, 7) is 1.90. The highest BCUT2D eigenvalue weighted by molar-refractivity contribution is 6.08. The van der Waals surface area contributed by atoms with E-state index in [-0.39, 0.29) is 5.91 Å². The third-order valence-corrected chi connectivity index (χ3v) is 4.54. The van der Waals surface area contributed by atoms with Gasteiger partial charge in [0.25, 0.3) is 5.91 Å². The molecule has 0 saturated carbocycles. The molecule has 1 amide bonds. The van der Waals surface area contributed by atoms with Crippen LogP contribution in [0.5, 0.6) is 11.5 Å². The van der Waals surface area contributed by atoms with Gasteiger partial charge in [0.1, 0.15) is 17.1 Å². The van der Waals surface area contributed by atoms with Gasteiger partial charge in [0, 0.05) is 17.4 Å². The first-order valence-corrected chi connectivity index (χ1v) is 8.95. The summed E-state index contributed by atoms with van der Waals surface area (Å²) >= 11 is 0. The predicted octanol–water partition coefficient (Wildman–Crippen LogP) is 4.47. The number of hydrogen-bond acceptors (Lipinski definition) is 6. The van der Waals surface area contributed by atoms with Crippen LogP contribution in [0.3, 0.4) is 0 Å². The van der Waals surface area contributed by atoms with Crippen molar-refractivity contribution in [3.05, 3.63) is 65.9 Å². The summed E-state index contributed by atoms with van der Waals surface area (Å²) in [5.41, 5.74) is 3.85. The number of oxazole rings is 1. The number of carbonyl (C=O) groups is 1. The SMILES string of the molecule is COc1cccc(OC)c1C(=O)Nc1ccc(-c2nc3ncccc3o2)cc1C. The molecule has 0 unspecified atom stereocenters. The highest BCUT2D eigenvalue weighted by Crippen LogP contribution is 2.31. The lowest BCUT2D eigenvalue weighted by Gasteiger charge is -2.14. The highest BCUT2D eigenvalue weighted by Gasteiger charge is 2.19. The number of hydrogen-bond donors (Lipinski definition) is 1. The molecule has 29 heavy (non-hydrogen) atoms. The molecular weight excluding hydrogens is 370 g/mol. The van der Waals surface area contributed by atoms with Crippen LogP contribution in [0.25, 0.3) is 22.7 Å². The minimum absolute atomic E-state index is 0.318. The highest BCUT2D eigenvalue weighted by atomic mass is 16.5. The molecule has 0 atom stereocenters. The summed E-state index contributed by atoms with van der Waals surface area (Å²) in [6.07, 6.45) is 1.67. The topological polar surface area (TPSA) is 86.5 Å². The van der Waals surface area contributed by atoms with Crippen LogP contribution in [-0.4, -0.2) is 30.1 Å². The number of amides is 1. The van der Waals surface area contributed by atoms with Gasteiger partial charge < -0.3 is 19.2 Å². The van der Waals surface area contributed by atoms with Crippen LogP contribution < -0.4 is 14.8 Å². The molecule has 2 heterocycles. The van der Waals surface area contributed by atoms with Gasteiger partial charge in [0.15, 0.2) is 11.2 Å². The van der Waals surface area contributed by atoms with E-state index in [1.807, 2.05) is 31.2 Å². The fourth-order valence-corrected chi connectivity index (χ4v) is 3.09. The summed E-state index contributed by atoms with van der Waals surface area (Å²) in [6, 6.07) is 14.4. The molecule has 4 aromatic rings. The Bertz CT molecular complexity index is 1140. The molecule has 0 spiro atoms. The number of ether oxygens (including phenoxy) is 2. The Hall–Kier alpha value is -3.87. The van der Waals surface area contributed by atoms with Crippen LogP contribution in [0.1, 0.15) is 15.9 Å². The van der Waals surface area contributed by atoms with Crippen LogP contribution in [0.4, 0.5) is 5.69 Å². The van der Waals surface area contributed by atoms with Crippen LogP contribution in [0.15, 0.2) is 59.1 Å². The Morgan fingerprint density at radius 3 is 2.45 bits per heavy atom. The van der Waals surface area contributed by atoms with E-state index < -0.39 is 0 Å². The first-order chi connectivity index (χ1) is 14.1. The molecule has 0 bridgehead atoms. The van der Waals surface area contributed by atoms with Crippen molar-refractivity contribution in [2.24, 2.45) is 0 Å². The number of nitrogens with zero attached hydrogens (tertiary/aromatic N) is 2. The maximum atomic E-state index is 12.9. The molecule has 7 heteroatoms. The quantitative estimate of drug-likeness (QED) is 0.542. The van der Waals surface area contributed by atoms with Gasteiger partial charge in [-0.3, -0.25) is 4.79 Å². The van der Waals surface area contributed by atoms with Crippen molar-refractivity contribution in [3.63, 3.8) is 0 Å². The molecule has 7 nitrogen and oxygen atoms in total. The summed E-state index contributed by atoms with van der Waals surface area (Å²) in [4.78, 5) is 21.5.